The third kappa shape index (κ3) is 3.17. The van der Waals surface area contributed by atoms with Crippen LogP contribution in [0, 0.1) is 0 Å². The number of hydrogen-bond donors (Lipinski definition) is 2. The minimum Gasteiger partial charge on any atom is -0.285 e. The average Bonchev–Trinajstić information content (AvgIpc) is 2.89. The first-order valence-corrected chi connectivity index (χ1v) is 6.92. The van der Waals surface area contributed by atoms with Crippen molar-refractivity contribution in [2.24, 2.45) is 0 Å². The van der Waals surface area contributed by atoms with E-state index in [0.717, 1.165) is 18.2 Å². The van der Waals surface area contributed by atoms with Crippen LogP contribution in [-0.4, -0.2) is 18.6 Å². The molecule has 2 aromatic rings. The summed E-state index contributed by atoms with van der Waals surface area (Å²) in [6.07, 6.45) is -1.92. The van der Waals surface area contributed by atoms with E-state index in [1.54, 1.807) is 0 Å². The molecule has 9 heteroatoms. The number of alkyl halides is 3. The first-order valence-electron chi connectivity index (χ1n) is 5.44. The van der Waals surface area contributed by atoms with Crippen molar-refractivity contribution in [3.63, 3.8) is 0 Å². The average molecular weight is 305 g/mol. The Labute approximate surface area is 112 Å². The monoisotopic (exact) mass is 305 g/mol. The molecule has 1 aromatic heterocycles. The van der Waals surface area contributed by atoms with Crippen LogP contribution in [0.5, 0.6) is 0 Å². The van der Waals surface area contributed by atoms with E-state index in [1.165, 1.54) is 18.5 Å². The molecule has 0 saturated heterocycles. The lowest BCUT2D eigenvalue weighted by Gasteiger charge is -2.13. The fourth-order valence-corrected chi connectivity index (χ4v) is 2.81. The molecule has 0 saturated carbocycles. The maximum atomic E-state index is 12.8. The maximum absolute atomic E-state index is 12.8. The summed E-state index contributed by atoms with van der Waals surface area (Å²) in [6.45, 7) is -0.148. The van der Waals surface area contributed by atoms with Crippen LogP contribution in [0.15, 0.2) is 41.6 Å². The Kier molecular flexibility index (Phi) is 3.82. The fraction of sp³-hybridized carbons (Fsp3) is 0.182. The summed E-state index contributed by atoms with van der Waals surface area (Å²) in [5.41, 5.74) is -0.683. The second-order valence-corrected chi connectivity index (χ2v) is 5.66. The molecule has 0 atom stereocenters. The number of aromatic nitrogens is 2. The Balaban J connectivity index is 2.30. The van der Waals surface area contributed by atoms with Crippen molar-refractivity contribution in [3.8, 4) is 0 Å². The minimum absolute atomic E-state index is 0.148. The number of benzene rings is 1. The number of sulfonamides is 1. The molecule has 2 rings (SSSR count). The zero-order valence-electron chi connectivity index (χ0n) is 9.98. The molecule has 0 fully saturated rings. The smallest absolute Gasteiger partial charge is 0.285 e. The number of aromatic amines is 1. The Morgan fingerprint density at radius 1 is 1.25 bits per heavy atom. The van der Waals surface area contributed by atoms with Crippen LogP contribution < -0.4 is 4.72 Å². The number of H-pyrrole nitrogens is 1. The van der Waals surface area contributed by atoms with Gasteiger partial charge in [-0.25, -0.2) is 13.1 Å². The SMILES string of the molecule is O=S(=O)(NCc1cn[nH]c1)c1ccccc1C(F)(F)F. The molecule has 20 heavy (non-hydrogen) atoms. The molecule has 108 valence electrons. The zero-order valence-corrected chi connectivity index (χ0v) is 10.8. The molecule has 1 aromatic carbocycles. The first-order chi connectivity index (χ1) is 9.31. The summed E-state index contributed by atoms with van der Waals surface area (Å²) in [5, 5.41) is 6.09. The van der Waals surface area contributed by atoms with Gasteiger partial charge in [0.2, 0.25) is 10.0 Å². The highest BCUT2D eigenvalue weighted by Gasteiger charge is 2.36. The van der Waals surface area contributed by atoms with E-state index in [2.05, 4.69) is 14.9 Å². The quantitative estimate of drug-likeness (QED) is 0.906. The predicted octanol–water partition coefficient (Wildman–Crippen LogP) is 1.91. The van der Waals surface area contributed by atoms with E-state index in [0.29, 0.717) is 5.56 Å². The first kappa shape index (κ1) is 14.5. The van der Waals surface area contributed by atoms with E-state index in [-0.39, 0.29) is 6.54 Å². The number of rotatable bonds is 4. The molecular weight excluding hydrogens is 295 g/mol. The lowest BCUT2D eigenvalue weighted by atomic mass is 10.2. The highest BCUT2D eigenvalue weighted by molar-refractivity contribution is 7.89. The molecule has 0 spiro atoms. The summed E-state index contributed by atoms with van der Waals surface area (Å²) in [4.78, 5) is -0.795. The van der Waals surface area contributed by atoms with Crippen molar-refractivity contribution in [2.75, 3.05) is 0 Å². The molecule has 1 heterocycles. The van der Waals surface area contributed by atoms with Gasteiger partial charge in [-0.15, -0.1) is 0 Å². The van der Waals surface area contributed by atoms with E-state index >= 15 is 0 Å². The lowest BCUT2D eigenvalue weighted by molar-refractivity contribution is -0.139. The summed E-state index contributed by atoms with van der Waals surface area (Å²) < 4.78 is 64.4. The van der Waals surface area contributed by atoms with Crippen LogP contribution in [0.2, 0.25) is 0 Å². The van der Waals surface area contributed by atoms with Crippen molar-refractivity contribution in [1.82, 2.24) is 14.9 Å². The topological polar surface area (TPSA) is 74.8 Å². The van der Waals surface area contributed by atoms with Gasteiger partial charge in [0.25, 0.3) is 0 Å². The van der Waals surface area contributed by atoms with Gasteiger partial charge < -0.3 is 0 Å². The lowest BCUT2D eigenvalue weighted by Crippen LogP contribution is -2.25. The van der Waals surface area contributed by atoms with Crippen LogP contribution in [0.3, 0.4) is 0 Å². The summed E-state index contributed by atoms with van der Waals surface area (Å²) in [6, 6.07) is 4.02. The van der Waals surface area contributed by atoms with Gasteiger partial charge in [0.15, 0.2) is 0 Å². The number of nitrogens with one attached hydrogen (secondary N) is 2. The van der Waals surface area contributed by atoms with Crippen molar-refractivity contribution in [1.29, 1.82) is 0 Å². The van der Waals surface area contributed by atoms with Crippen molar-refractivity contribution < 1.29 is 21.6 Å². The Morgan fingerprint density at radius 2 is 1.95 bits per heavy atom. The molecule has 5 nitrogen and oxygen atoms in total. The normalized spacial score (nSPS) is 12.6. The second kappa shape index (κ2) is 5.25. The highest BCUT2D eigenvalue weighted by atomic mass is 32.2. The predicted molar refractivity (Wildman–Crippen MR) is 64.1 cm³/mol. The van der Waals surface area contributed by atoms with Crippen LogP contribution in [0.1, 0.15) is 11.1 Å². The molecular formula is C11H10F3N3O2S. The second-order valence-electron chi connectivity index (χ2n) is 3.93. The Bertz CT molecular complexity index is 681. The summed E-state index contributed by atoms with van der Waals surface area (Å²) in [7, 11) is -4.26. The molecule has 0 aliphatic rings. The van der Waals surface area contributed by atoms with Crippen LogP contribution in [0.25, 0.3) is 0 Å². The van der Waals surface area contributed by atoms with E-state index < -0.39 is 26.7 Å². The summed E-state index contributed by atoms with van der Waals surface area (Å²) >= 11 is 0. The third-order valence-corrected chi connectivity index (χ3v) is 3.96. The summed E-state index contributed by atoms with van der Waals surface area (Å²) in [5.74, 6) is 0. The molecule has 0 bridgehead atoms. The molecule has 0 amide bonds. The van der Waals surface area contributed by atoms with Gasteiger partial charge >= 0.3 is 6.18 Å². The largest absolute Gasteiger partial charge is 0.417 e. The van der Waals surface area contributed by atoms with Gasteiger partial charge in [-0.3, -0.25) is 5.10 Å². The van der Waals surface area contributed by atoms with Crippen molar-refractivity contribution >= 4 is 10.0 Å². The molecule has 0 aliphatic carbocycles. The van der Waals surface area contributed by atoms with Crippen LogP contribution in [0.4, 0.5) is 13.2 Å². The highest BCUT2D eigenvalue weighted by Crippen LogP contribution is 2.33. The van der Waals surface area contributed by atoms with Crippen molar-refractivity contribution in [2.45, 2.75) is 17.6 Å². The third-order valence-electron chi connectivity index (χ3n) is 2.50. The van der Waals surface area contributed by atoms with Crippen LogP contribution >= 0.6 is 0 Å². The van der Waals surface area contributed by atoms with E-state index in [9.17, 15) is 21.6 Å². The molecule has 0 unspecified atom stereocenters. The Morgan fingerprint density at radius 3 is 2.55 bits per heavy atom. The number of nitrogens with zero attached hydrogens (tertiary/aromatic N) is 1. The van der Waals surface area contributed by atoms with Gasteiger partial charge in [0.05, 0.1) is 16.7 Å². The molecule has 0 aliphatic heterocycles. The minimum atomic E-state index is -4.74. The number of halogens is 3. The van der Waals surface area contributed by atoms with Gasteiger partial charge in [0, 0.05) is 18.3 Å². The van der Waals surface area contributed by atoms with Gasteiger partial charge in [0.1, 0.15) is 0 Å². The molecule has 2 N–H and O–H groups in total. The van der Waals surface area contributed by atoms with Gasteiger partial charge in [-0.1, -0.05) is 12.1 Å². The van der Waals surface area contributed by atoms with E-state index in [1.807, 2.05) is 0 Å². The Hall–Kier alpha value is -1.87. The number of hydrogen-bond acceptors (Lipinski definition) is 3. The van der Waals surface area contributed by atoms with Gasteiger partial charge in [-0.2, -0.15) is 18.3 Å². The van der Waals surface area contributed by atoms with Crippen LogP contribution in [-0.2, 0) is 22.7 Å². The van der Waals surface area contributed by atoms with E-state index in [4.69, 9.17) is 0 Å². The maximum Gasteiger partial charge on any atom is 0.417 e. The van der Waals surface area contributed by atoms with Gasteiger partial charge in [-0.05, 0) is 12.1 Å². The van der Waals surface area contributed by atoms with Crippen molar-refractivity contribution in [3.05, 3.63) is 47.8 Å². The molecule has 0 radical (unpaired) electrons. The zero-order chi connectivity index (χ0) is 14.8. The standard InChI is InChI=1S/C11H10F3N3O2S/c12-11(13,14)9-3-1-2-4-10(9)20(18,19)17-7-8-5-15-16-6-8/h1-6,17H,7H2,(H,15,16). The fourth-order valence-electron chi connectivity index (χ4n) is 1.57.